The lowest BCUT2D eigenvalue weighted by Gasteiger charge is -2.40. The molecule has 1 fully saturated rings. The van der Waals surface area contributed by atoms with Crippen molar-refractivity contribution >= 4 is 5.91 Å². The Labute approximate surface area is 126 Å². The third-order valence-electron chi connectivity index (χ3n) is 3.75. The zero-order valence-electron chi connectivity index (χ0n) is 12.8. The monoisotopic (exact) mass is 292 g/mol. The third-order valence-corrected chi connectivity index (χ3v) is 3.75. The summed E-state index contributed by atoms with van der Waals surface area (Å²) in [6.07, 6.45) is 0. The maximum atomic E-state index is 12.4. The number of benzene rings is 1. The van der Waals surface area contributed by atoms with Gasteiger partial charge in [-0.05, 0) is 12.6 Å². The van der Waals surface area contributed by atoms with E-state index in [1.165, 1.54) is 5.56 Å². The van der Waals surface area contributed by atoms with Gasteiger partial charge in [0.25, 0.3) is 0 Å². The van der Waals surface area contributed by atoms with Crippen molar-refractivity contribution in [1.29, 1.82) is 0 Å². The minimum Gasteiger partial charge on any atom is -0.382 e. The molecular weight excluding hydrogens is 268 g/mol. The first-order valence-electron chi connectivity index (χ1n) is 7.32. The highest BCUT2D eigenvalue weighted by Crippen LogP contribution is 2.24. The topological polar surface area (TPSA) is 42.0 Å². The van der Waals surface area contributed by atoms with Crippen molar-refractivity contribution in [3.63, 3.8) is 0 Å². The fourth-order valence-corrected chi connectivity index (χ4v) is 2.56. The number of amides is 1. The van der Waals surface area contributed by atoms with Crippen LogP contribution >= 0.6 is 0 Å². The lowest BCUT2D eigenvalue weighted by Crippen LogP contribution is -2.50. The second kappa shape index (κ2) is 8.12. The number of nitrogens with zero attached hydrogens (tertiary/aromatic N) is 2. The van der Waals surface area contributed by atoms with Crippen molar-refractivity contribution in [2.75, 3.05) is 53.6 Å². The first-order chi connectivity index (χ1) is 10.2. The first kappa shape index (κ1) is 15.9. The quantitative estimate of drug-likeness (QED) is 0.738. The van der Waals surface area contributed by atoms with Crippen LogP contribution in [0.25, 0.3) is 0 Å². The van der Waals surface area contributed by atoms with Gasteiger partial charge in [0.2, 0.25) is 5.91 Å². The lowest BCUT2D eigenvalue weighted by molar-refractivity contribution is -0.141. The molecule has 21 heavy (non-hydrogen) atoms. The molecule has 1 aromatic carbocycles. The number of likely N-dealkylation sites (N-methyl/N-ethyl adjacent to an activating group) is 1. The molecule has 1 saturated heterocycles. The van der Waals surface area contributed by atoms with E-state index in [-0.39, 0.29) is 18.6 Å². The van der Waals surface area contributed by atoms with Crippen LogP contribution in [0.1, 0.15) is 11.6 Å². The van der Waals surface area contributed by atoms with Crippen LogP contribution in [0.5, 0.6) is 0 Å². The first-order valence-corrected chi connectivity index (χ1v) is 7.32. The average molecular weight is 292 g/mol. The molecule has 0 aliphatic carbocycles. The van der Waals surface area contributed by atoms with Gasteiger partial charge in [-0.2, -0.15) is 0 Å². The van der Waals surface area contributed by atoms with E-state index in [1.807, 2.05) is 23.1 Å². The third kappa shape index (κ3) is 4.52. The van der Waals surface area contributed by atoms with Crippen LogP contribution in [0.4, 0.5) is 0 Å². The van der Waals surface area contributed by atoms with Gasteiger partial charge in [-0.3, -0.25) is 4.79 Å². The molecule has 0 bridgehead atoms. The van der Waals surface area contributed by atoms with E-state index in [1.54, 1.807) is 7.11 Å². The molecule has 0 unspecified atom stereocenters. The van der Waals surface area contributed by atoms with E-state index in [9.17, 15) is 4.79 Å². The zero-order chi connectivity index (χ0) is 15.1. The Morgan fingerprint density at radius 1 is 1.24 bits per heavy atom. The zero-order valence-corrected chi connectivity index (χ0v) is 12.8. The predicted octanol–water partition coefficient (Wildman–Crippen LogP) is 1.16. The van der Waals surface area contributed by atoms with E-state index >= 15 is 0 Å². The van der Waals surface area contributed by atoms with Crippen LogP contribution in [0, 0.1) is 0 Å². The number of hydrogen-bond donors (Lipinski definition) is 0. The van der Waals surface area contributed by atoms with Gasteiger partial charge in [-0.1, -0.05) is 30.3 Å². The second-order valence-corrected chi connectivity index (χ2v) is 5.32. The minimum absolute atomic E-state index is 0.0491. The minimum atomic E-state index is 0.0491. The molecule has 2 rings (SSSR count). The summed E-state index contributed by atoms with van der Waals surface area (Å²) in [6.45, 7) is 3.57. The van der Waals surface area contributed by atoms with Gasteiger partial charge in [0.15, 0.2) is 0 Å². The Hall–Kier alpha value is -1.43. The van der Waals surface area contributed by atoms with Crippen molar-refractivity contribution in [2.45, 2.75) is 6.04 Å². The standard InChI is InChI=1S/C16H24N2O3/c1-17-8-9-18(16(19)13-21-11-10-20-2)15(12-17)14-6-4-3-5-7-14/h3-7,15H,8-13H2,1-2H3/t15-/m0/s1. The fourth-order valence-electron chi connectivity index (χ4n) is 2.56. The highest BCUT2D eigenvalue weighted by atomic mass is 16.5. The molecule has 1 aliphatic rings. The number of hydrogen-bond acceptors (Lipinski definition) is 4. The Bertz CT molecular complexity index is 438. The van der Waals surface area contributed by atoms with Gasteiger partial charge in [0.1, 0.15) is 6.61 Å². The Balaban J connectivity index is 1.99. The summed E-state index contributed by atoms with van der Waals surface area (Å²) in [4.78, 5) is 16.6. The molecule has 0 aromatic heterocycles. The molecule has 0 saturated carbocycles. The van der Waals surface area contributed by atoms with Crippen LogP contribution in [0.2, 0.25) is 0 Å². The van der Waals surface area contributed by atoms with E-state index in [2.05, 4.69) is 24.1 Å². The van der Waals surface area contributed by atoms with Crippen molar-refractivity contribution in [1.82, 2.24) is 9.80 Å². The molecule has 116 valence electrons. The fraction of sp³-hybridized carbons (Fsp3) is 0.562. The van der Waals surface area contributed by atoms with Gasteiger partial charge in [-0.25, -0.2) is 0 Å². The normalized spacial score (nSPS) is 19.7. The number of methoxy groups -OCH3 is 1. The van der Waals surface area contributed by atoms with E-state index in [0.717, 1.165) is 19.6 Å². The molecule has 1 atom stereocenters. The van der Waals surface area contributed by atoms with E-state index in [0.29, 0.717) is 13.2 Å². The smallest absolute Gasteiger partial charge is 0.249 e. The van der Waals surface area contributed by atoms with Gasteiger partial charge < -0.3 is 19.3 Å². The molecule has 5 nitrogen and oxygen atoms in total. The number of carbonyl (C=O) groups is 1. The number of ether oxygens (including phenoxy) is 2. The largest absolute Gasteiger partial charge is 0.382 e. The molecule has 1 heterocycles. The number of rotatable bonds is 6. The van der Waals surface area contributed by atoms with Crippen LogP contribution in [0.3, 0.4) is 0 Å². The highest BCUT2D eigenvalue weighted by molar-refractivity contribution is 5.78. The second-order valence-electron chi connectivity index (χ2n) is 5.32. The maximum Gasteiger partial charge on any atom is 0.249 e. The molecule has 1 aliphatic heterocycles. The molecule has 1 aromatic rings. The van der Waals surface area contributed by atoms with Gasteiger partial charge in [0, 0.05) is 26.7 Å². The molecule has 1 amide bonds. The molecule has 0 spiro atoms. The van der Waals surface area contributed by atoms with E-state index < -0.39 is 0 Å². The molecule has 5 heteroatoms. The average Bonchev–Trinajstić information content (AvgIpc) is 2.52. The molecular formula is C16H24N2O3. The van der Waals surface area contributed by atoms with Crippen molar-refractivity contribution in [3.8, 4) is 0 Å². The summed E-state index contributed by atoms with van der Waals surface area (Å²) in [6, 6.07) is 10.3. The number of piperazine rings is 1. The van der Waals surface area contributed by atoms with Crippen LogP contribution in [0.15, 0.2) is 30.3 Å². The molecule has 0 radical (unpaired) electrons. The Morgan fingerprint density at radius 3 is 2.71 bits per heavy atom. The Kier molecular flexibility index (Phi) is 6.17. The van der Waals surface area contributed by atoms with Crippen LogP contribution in [-0.2, 0) is 14.3 Å². The predicted molar refractivity (Wildman–Crippen MR) is 81.1 cm³/mol. The van der Waals surface area contributed by atoms with Crippen molar-refractivity contribution < 1.29 is 14.3 Å². The van der Waals surface area contributed by atoms with Gasteiger partial charge >= 0.3 is 0 Å². The highest BCUT2D eigenvalue weighted by Gasteiger charge is 2.29. The van der Waals surface area contributed by atoms with Gasteiger partial charge in [0.05, 0.1) is 19.3 Å². The summed E-state index contributed by atoms with van der Waals surface area (Å²) >= 11 is 0. The summed E-state index contributed by atoms with van der Waals surface area (Å²) in [5, 5.41) is 0. The van der Waals surface area contributed by atoms with Gasteiger partial charge in [-0.15, -0.1) is 0 Å². The van der Waals surface area contributed by atoms with Crippen LogP contribution < -0.4 is 0 Å². The SMILES string of the molecule is COCCOCC(=O)N1CCN(C)C[C@H]1c1ccccc1. The summed E-state index contributed by atoms with van der Waals surface area (Å²) < 4.78 is 10.3. The van der Waals surface area contributed by atoms with Crippen molar-refractivity contribution in [3.05, 3.63) is 35.9 Å². The lowest BCUT2D eigenvalue weighted by atomic mass is 10.0. The van der Waals surface area contributed by atoms with E-state index in [4.69, 9.17) is 9.47 Å². The summed E-state index contributed by atoms with van der Waals surface area (Å²) in [5.74, 6) is 0.0491. The molecule has 0 N–H and O–H groups in total. The maximum absolute atomic E-state index is 12.4. The van der Waals surface area contributed by atoms with Crippen molar-refractivity contribution in [2.24, 2.45) is 0 Å². The van der Waals surface area contributed by atoms with Crippen LogP contribution in [-0.4, -0.2) is 69.3 Å². The number of carbonyl (C=O) groups excluding carboxylic acids is 1. The summed E-state index contributed by atoms with van der Waals surface area (Å²) in [7, 11) is 3.71. The Morgan fingerprint density at radius 2 is 2.00 bits per heavy atom. The summed E-state index contributed by atoms with van der Waals surface area (Å²) in [5.41, 5.74) is 1.18.